The molecule has 0 radical (unpaired) electrons. The van der Waals surface area contributed by atoms with E-state index >= 15 is 0 Å². The number of pyridine rings is 1. The number of fused-ring (bicyclic) bond motifs is 1. The second-order valence-corrected chi connectivity index (χ2v) is 10.2. The van der Waals surface area contributed by atoms with Gasteiger partial charge in [-0.05, 0) is 23.8 Å². The Hall–Kier alpha value is -3.42. The third kappa shape index (κ3) is 3.27. The molecular weight excluding hydrogens is 440 g/mol. The molecule has 1 saturated carbocycles. The SMILES string of the molecule is N#C[C@]1(c2ccc(-c3ccc(N4C[C@H](Cn5ccnn5)OC4=O)cc3)cn2)[C@@H]2C[S+]([O-])C[C@@H]21. The first-order valence-electron chi connectivity index (χ1n) is 10.7. The first-order chi connectivity index (χ1) is 16.1. The Morgan fingerprint density at radius 1 is 1.18 bits per heavy atom. The monoisotopic (exact) mass is 460 g/mol. The van der Waals surface area contributed by atoms with Crippen molar-refractivity contribution in [2.45, 2.75) is 18.1 Å². The number of ether oxygens (including phenoxy) is 1. The molecule has 3 aromatic rings. The van der Waals surface area contributed by atoms with Gasteiger partial charge in [-0.3, -0.25) is 9.88 Å². The van der Waals surface area contributed by atoms with Crippen LogP contribution in [0.5, 0.6) is 0 Å². The van der Waals surface area contributed by atoms with Crippen molar-refractivity contribution in [3.8, 4) is 17.2 Å². The highest BCUT2D eigenvalue weighted by atomic mass is 32.2. The van der Waals surface area contributed by atoms with E-state index in [4.69, 9.17) is 4.74 Å². The summed E-state index contributed by atoms with van der Waals surface area (Å²) in [4.78, 5) is 18.6. The van der Waals surface area contributed by atoms with Gasteiger partial charge in [0.15, 0.2) is 0 Å². The topological polar surface area (TPSA) is 120 Å². The van der Waals surface area contributed by atoms with E-state index in [2.05, 4.69) is 21.4 Å². The molecule has 1 unspecified atom stereocenters. The van der Waals surface area contributed by atoms with Crippen molar-refractivity contribution in [3.05, 3.63) is 60.7 Å². The van der Waals surface area contributed by atoms with E-state index < -0.39 is 16.6 Å². The normalized spacial score (nSPS) is 30.1. The Kier molecular flexibility index (Phi) is 4.64. The summed E-state index contributed by atoms with van der Waals surface area (Å²) in [6.45, 7) is 0.901. The van der Waals surface area contributed by atoms with Gasteiger partial charge in [-0.15, -0.1) is 5.10 Å². The number of cyclic esters (lactones) is 1. The predicted octanol–water partition coefficient (Wildman–Crippen LogP) is 2.14. The molecule has 1 aromatic carbocycles. The first kappa shape index (κ1) is 20.2. The standard InChI is InChI=1S/C23H20N6O3S/c24-14-23(19-12-33(31)13-20(19)23)21-6-3-16(9-25-21)15-1-4-17(5-2-15)29-11-18(32-22(29)30)10-28-8-7-26-27-28/h1-9,18-20H,10-13H2/t18-,19-,20+,23+,33?/m0/s1. The zero-order valence-corrected chi connectivity index (χ0v) is 18.4. The Morgan fingerprint density at radius 3 is 2.58 bits per heavy atom. The number of aromatic nitrogens is 4. The number of rotatable bonds is 5. The lowest BCUT2D eigenvalue weighted by atomic mass is 9.97. The molecular formula is C23H20N6O3S. The molecule has 5 atom stereocenters. The number of hydrogen-bond acceptors (Lipinski definition) is 7. The van der Waals surface area contributed by atoms with Crippen molar-refractivity contribution in [1.29, 1.82) is 5.26 Å². The lowest BCUT2D eigenvalue weighted by Crippen LogP contribution is -2.26. The fraction of sp³-hybridized carbons (Fsp3) is 0.348. The van der Waals surface area contributed by atoms with E-state index in [0.29, 0.717) is 24.6 Å². The molecule has 33 heavy (non-hydrogen) atoms. The zero-order valence-electron chi connectivity index (χ0n) is 17.6. The molecule has 0 bridgehead atoms. The Morgan fingerprint density at radius 2 is 1.94 bits per heavy atom. The van der Waals surface area contributed by atoms with Crippen LogP contribution < -0.4 is 4.90 Å². The largest absolute Gasteiger partial charge is 0.616 e. The summed E-state index contributed by atoms with van der Waals surface area (Å²) < 4.78 is 18.8. The van der Waals surface area contributed by atoms with E-state index in [-0.39, 0.29) is 24.0 Å². The Labute approximate surface area is 193 Å². The molecule has 3 fully saturated rings. The maximum atomic E-state index is 12.3. The van der Waals surface area contributed by atoms with Gasteiger partial charge in [-0.25, -0.2) is 9.48 Å². The third-order valence-electron chi connectivity index (χ3n) is 6.90. The highest BCUT2D eigenvalue weighted by molar-refractivity contribution is 7.91. The van der Waals surface area contributed by atoms with Crippen LogP contribution in [-0.2, 0) is 27.9 Å². The molecule has 1 aliphatic carbocycles. The maximum Gasteiger partial charge on any atom is 0.414 e. The lowest BCUT2D eigenvalue weighted by Gasteiger charge is -2.15. The number of nitriles is 1. The van der Waals surface area contributed by atoms with Crippen LogP contribution in [0.2, 0.25) is 0 Å². The molecule has 4 heterocycles. The molecule has 2 aromatic heterocycles. The molecule has 3 aliphatic rings. The van der Waals surface area contributed by atoms with E-state index in [1.54, 1.807) is 28.2 Å². The van der Waals surface area contributed by atoms with Crippen molar-refractivity contribution < 1.29 is 14.1 Å². The van der Waals surface area contributed by atoms with Gasteiger partial charge >= 0.3 is 6.09 Å². The molecule has 0 N–H and O–H groups in total. The fourth-order valence-corrected chi connectivity index (χ4v) is 7.04. The third-order valence-corrected chi connectivity index (χ3v) is 8.36. The molecule has 1 amide bonds. The Bertz CT molecular complexity index is 1210. The van der Waals surface area contributed by atoms with Gasteiger partial charge in [-0.1, -0.05) is 34.6 Å². The minimum atomic E-state index is -0.799. The molecule has 0 spiro atoms. The van der Waals surface area contributed by atoms with Crippen LogP contribution in [0.4, 0.5) is 10.5 Å². The molecule has 166 valence electrons. The highest BCUT2D eigenvalue weighted by Crippen LogP contribution is 2.63. The summed E-state index contributed by atoms with van der Waals surface area (Å²) in [7, 11) is 0. The second kappa shape index (κ2) is 7.57. The van der Waals surface area contributed by atoms with E-state index in [9.17, 15) is 14.6 Å². The van der Waals surface area contributed by atoms with Gasteiger partial charge in [0, 0.05) is 35.5 Å². The van der Waals surface area contributed by atoms with Crippen molar-refractivity contribution in [3.63, 3.8) is 0 Å². The first-order valence-corrected chi connectivity index (χ1v) is 12.2. The smallest absolute Gasteiger partial charge is 0.414 e. The number of benzene rings is 1. The number of carbonyl (C=O) groups is 1. The fourth-order valence-electron chi connectivity index (χ4n) is 5.11. The summed E-state index contributed by atoms with van der Waals surface area (Å²) in [5.74, 6) is 1.52. The predicted molar refractivity (Wildman–Crippen MR) is 119 cm³/mol. The van der Waals surface area contributed by atoms with Crippen LogP contribution in [0, 0.1) is 23.2 Å². The van der Waals surface area contributed by atoms with Crippen LogP contribution in [0.3, 0.4) is 0 Å². The number of carbonyl (C=O) groups excluding carboxylic acids is 1. The quantitative estimate of drug-likeness (QED) is 0.535. The number of amides is 1. The van der Waals surface area contributed by atoms with Crippen molar-refractivity contribution in [2.24, 2.45) is 11.8 Å². The minimum Gasteiger partial charge on any atom is -0.616 e. The van der Waals surface area contributed by atoms with Gasteiger partial charge in [0.1, 0.15) is 23.0 Å². The average Bonchev–Trinajstić information content (AvgIpc) is 3.31. The maximum absolute atomic E-state index is 12.3. The number of anilines is 1. The van der Waals surface area contributed by atoms with Crippen LogP contribution in [-0.4, -0.2) is 54.8 Å². The Balaban J connectivity index is 1.15. The lowest BCUT2D eigenvalue weighted by molar-refractivity contribution is 0.129. The second-order valence-electron chi connectivity index (χ2n) is 8.69. The van der Waals surface area contributed by atoms with E-state index in [1.165, 1.54) is 0 Å². The summed E-state index contributed by atoms with van der Waals surface area (Å²) >= 11 is -0.799. The van der Waals surface area contributed by atoms with Crippen molar-refractivity contribution in [1.82, 2.24) is 20.0 Å². The summed E-state index contributed by atoms with van der Waals surface area (Å²) in [6.07, 6.45) is 4.44. The van der Waals surface area contributed by atoms with E-state index in [0.717, 1.165) is 22.5 Å². The molecule has 2 aliphatic heterocycles. The summed E-state index contributed by atoms with van der Waals surface area (Å²) in [5, 5.41) is 17.5. The van der Waals surface area contributed by atoms with Gasteiger partial charge < -0.3 is 9.29 Å². The molecule has 2 saturated heterocycles. The van der Waals surface area contributed by atoms with Gasteiger partial charge in [-0.2, -0.15) is 5.26 Å². The van der Waals surface area contributed by atoms with Crippen LogP contribution in [0.1, 0.15) is 5.69 Å². The summed E-state index contributed by atoms with van der Waals surface area (Å²) in [6, 6.07) is 14.0. The van der Waals surface area contributed by atoms with Gasteiger partial charge in [0.05, 0.1) is 31.0 Å². The van der Waals surface area contributed by atoms with Crippen LogP contribution in [0.15, 0.2) is 55.0 Å². The highest BCUT2D eigenvalue weighted by Gasteiger charge is 2.73. The average molecular weight is 461 g/mol. The molecule has 6 rings (SSSR count). The zero-order chi connectivity index (χ0) is 22.6. The van der Waals surface area contributed by atoms with E-state index in [1.807, 2.05) is 36.4 Å². The minimum absolute atomic E-state index is 0.162. The van der Waals surface area contributed by atoms with Crippen molar-refractivity contribution >= 4 is 23.0 Å². The number of nitrogens with zero attached hydrogens (tertiary/aromatic N) is 6. The summed E-state index contributed by atoms with van der Waals surface area (Å²) in [5.41, 5.74) is 2.86. The van der Waals surface area contributed by atoms with Gasteiger partial charge in [0.25, 0.3) is 0 Å². The van der Waals surface area contributed by atoms with Crippen molar-refractivity contribution in [2.75, 3.05) is 23.0 Å². The number of hydrogen-bond donors (Lipinski definition) is 0. The van der Waals surface area contributed by atoms with Crippen LogP contribution in [0.25, 0.3) is 11.1 Å². The van der Waals surface area contributed by atoms with Gasteiger partial charge in [0.2, 0.25) is 0 Å². The molecule has 10 heteroatoms. The van der Waals surface area contributed by atoms with Crippen LogP contribution >= 0.6 is 0 Å². The molecule has 9 nitrogen and oxygen atoms in total.